The first-order chi connectivity index (χ1) is 7.43. The Morgan fingerprint density at radius 2 is 2.00 bits per heavy atom. The van der Waals surface area contributed by atoms with Crippen molar-refractivity contribution in [1.29, 1.82) is 0 Å². The van der Waals surface area contributed by atoms with E-state index in [0.717, 1.165) is 25.7 Å². The van der Waals surface area contributed by atoms with Gasteiger partial charge in [0, 0.05) is 20.0 Å². The maximum absolute atomic E-state index is 11.7. The van der Waals surface area contributed by atoms with E-state index < -0.39 is 11.7 Å². The minimum absolute atomic E-state index is 0.00113. The summed E-state index contributed by atoms with van der Waals surface area (Å²) in [6, 6.07) is 0. The zero-order chi connectivity index (χ0) is 12.2. The highest BCUT2D eigenvalue weighted by Gasteiger charge is 2.33. The second-order valence-corrected chi connectivity index (χ2v) is 5.07. The van der Waals surface area contributed by atoms with Gasteiger partial charge in [-0.05, 0) is 26.2 Å². The number of hydrogen-bond acceptors (Lipinski definition) is 3. The average molecular weight is 229 g/mol. The Morgan fingerprint density at radius 1 is 1.44 bits per heavy atom. The molecule has 1 aliphatic carbocycles. The van der Waals surface area contributed by atoms with Gasteiger partial charge in [0.1, 0.15) is 0 Å². The Hall–Kier alpha value is -0.610. The Labute approximate surface area is 97.3 Å². The summed E-state index contributed by atoms with van der Waals surface area (Å²) in [4.78, 5) is 13.3. The third-order valence-corrected chi connectivity index (χ3v) is 3.27. The van der Waals surface area contributed by atoms with Crippen LogP contribution in [-0.2, 0) is 4.79 Å². The molecule has 1 atom stereocenters. The first-order valence-electron chi connectivity index (χ1n) is 6.07. The highest BCUT2D eigenvalue weighted by atomic mass is 16.3. The van der Waals surface area contributed by atoms with Crippen molar-refractivity contribution in [1.82, 2.24) is 4.90 Å². The molecule has 0 heterocycles. The molecule has 1 fully saturated rings. The van der Waals surface area contributed by atoms with Gasteiger partial charge in [0.2, 0.25) is 5.91 Å². The van der Waals surface area contributed by atoms with Crippen molar-refractivity contribution in [3.63, 3.8) is 0 Å². The second-order valence-electron chi connectivity index (χ2n) is 5.07. The van der Waals surface area contributed by atoms with Crippen LogP contribution < -0.4 is 0 Å². The average Bonchev–Trinajstić information content (AvgIpc) is 2.61. The lowest BCUT2D eigenvalue weighted by molar-refractivity contribution is -0.133. The van der Waals surface area contributed by atoms with E-state index in [9.17, 15) is 9.90 Å². The topological polar surface area (TPSA) is 60.8 Å². The van der Waals surface area contributed by atoms with Crippen molar-refractivity contribution in [3.8, 4) is 0 Å². The molecule has 0 bridgehead atoms. The van der Waals surface area contributed by atoms with Crippen LogP contribution in [0.4, 0.5) is 0 Å². The Morgan fingerprint density at radius 3 is 2.50 bits per heavy atom. The summed E-state index contributed by atoms with van der Waals surface area (Å²) < 4.78 is 0. The third kappa shape index (κ3) is 4.10. The molecule has 0 aromatic heterocycles. The molecule has 4 nitrogen and oxygen atoms in total. The van der Waals surface area contributed by atoms with Gasteiger partial charge < -0.3 is 15.1 Å². The van der Waals surface area contributed by atoms with Crippen LogP contribution in [0.3, 0.4) is 0 Å². The third-order valence-electron chi connectivity index (χ3n) is 3.27. The minimum Gasteiger partial charge on any atom is -0.393 e. The normalized spacial score (nSPS) is 20.8. The molecule has 16 heavy (non-hydrogen) atoms. The van der Waals surface area contributed by atoms with Gasteiger partial charge in [-0.15, -0.1) is 0 Å². The number of aliphatic hydroxyl groups is 2. The molecule has 2 N–H and O–H groups in total. The summed E-state index contributed by atoms with van der Waals surface area (Å²) >= 11 is 0. The Bertz CT molecular complexity index is 234. The first-order valence-corrected chi connectivity index (χ1v) is 6.07. The van der Waals surface area contributed by atoms with Gasteiger partial charge in [0.05, 0.1) is 11.7 Å². The fourth-order valence-electron chi connectivity index (χ4n) is 2.24. The molecule has 1 aliphatic rings. The van der Waals surface area contributed by atoms with E-state index in [1.807, 2.05) is 0 Å². The number of amides is 1. The summed E-state index contributed by atoms with van der Waals surface area (Å²) in [6.07, 6.45) is 4.08. The fourth-order valence-corrected chi connectivity index (χ4v) is 2.24. The summed E-state index contributed by atoms with van der Waals surface area (Å²) in [6.45, 7) is 2.10. The molecular weight excluding hydrogens is 206 g/mol. The van der Waals surface area contributed by atoms with Gasteiger partial charge in [-0.25, -0.2) is 0 Å². The summed E-state index contributed by atoms with van der Waals surface area (Å²) in [7, 11) is 1.72. The molecule has 1 amide bonds. The quantitative estimate of drug-likeness (QED) is 0.736. The van der Waals surface area contributed by atoms with Crippen LogP contribution in [0.15, 0.2) is 0 Å². The van der Waals surface area contributed by atoms with Gasteiger partial charge in [-0.1, -0.05) is 12.8 Å². The molecule has 0 spiro atoms. The first kappa shape index (κ1) is 13.5. The van der Waals surface area contributed by atoms with Gasteiger partial charge in [-0.2, -0.15) is 0 Å². The Kier molecular flexibility index (Phi) is 4.74. The van der Waals surface area contributed by atoms with E-state index in [2.05, 4.69) is 0 Å². The fraction of sp³-hybridized carbons (Fsp3) is 0.917. The lowest BCUT2D eigenvalue weighted by atomic mass is 10.0. The van der Waals surface area contributed by atoms with E-state index in [1.54, 1.807) is 18.9 Å². The highest BCUT2D eigenvalue weighted by Crippen LogP contribution is 2.30. The van der Waals surface area contributed by atoms with Crippen molar-refractivity contribution in [3.05, 3.63) is 0 Å². The van der Waals surface area contributed by atoms with Crippen LogP contribution in [-0.4, -0.2) is 46.3 Å². The van der Waals surface area contributed by atoms with Crippen molar-refractivity contribution in [2.45, 2.75) is 57.2 Å². The van der Waals surface area contributed by atoms with Gasteiger partial charge in [0.15, 0.2) is 0 Å². The number of aliphatic hydroxyl groups excluding tert-OH is 1. The maximum atomic E-state index is 11.7. The number of likely N-dealkylation sites (N-methyl/N-ethyl adjacent to an activating group) is 1. The predicted molar refractivity (Wildman–Crippen MR) is 62.0 cm³/mol. The zero-order valence-electron chi connectivity index (χ0n) is 10.3. The van der Waals surface area contributed by atoms with Crippen LogP contribution in [0.1, 0.15) is 45.4 Å². The van der Waals surface area contributed by atoms with Crippen molar-refractivity contribution < 1.29 is 15.0 Å². The SMILES string of the molecule is CC(O)CCC(=O)N(C)CC1(O)CCCC1. The molecule has 0 aromatic carbocycles. The van der Waals surface area contributed by atoms with Crippen LogP contribution in [0, 0.1) is 0 Å². The molecule has 0 aliphatic heterocycles. The van der Waals surface area contributed by atoms with E-state index >= 15 is 0 Å². The van der Waals surface area contributed by atoms with Crippen molar-refractivity contribution in [2.75, 3.05) is 13.6 Å². The molecule has 1 unspecified atom stereocenters. The molecule has 0 radical (unpaired) electrons. The highest BCUT2D eigenvalue weighted by molar-refractivity contribution is 5.75. The summed E-state index contributed by atoms with van der Waals surface area (Å²) in [5.41, 5.74) is -0.671. The number of rotatable bonds is 5. The molecule has 1 rings (SSSR count). The van der Waals surface area contributed by atoms with E-state index in [4.69, 9.17) is 5.11 Å². The molecule has 0 aromatic rings. The predicted octanol–water partition coefficient (Wildman–Crippen LogP) is 0.911. The van der Waals surface area contributed by atoms with Gasteiger partial charge in [0.25, 0.3) is 0 Å². The molecule has 94 valence electrons. The molecule has 0 saturated heterocycles. The summed E-state index contributed by atoms with van der Waals surface area (Å²) in [5, 5.41) is 19.2. The van der Waals surface area contributed by atoms with Crippen LogP contribution in [0.2, 0.25) is 0 Å². The monoisotopic (exact) mass is 229 g/mol. The Balaban J connectivity index is 2.33. The molecule has 4 heteroatoms. The maximum Gasteiger partial charge on any atom is 0.222 e. The minimum atomic E-state index is -0.671. The summed E-state index contributed by atoms with van der Waals surface area (Å²) in [5.74, 6) is 0.00113. The molecular formula is C12H23NO3. The zero-order valence-corrected chi connectivity index (χ0v) is 10.3. The van der Waals surface area contributed by atoms with Crippen molar-refractivity contribution in [2.24, 2.45) is 0 Å². The van der Waals surface area contributed by atoms with Crippen LogP contribution in [0.25, 0.3) is 0 Å². The lowest BCUT2D eigenvalue weighted by Crippen LogP contribution is -2.42. The lowest BCUT2D eigenvalue weighted by Gasteiger charge is -2.28. The van der Waals surface area contributed by atoms with E-state index in [-0.39, 0.29) is 5.91 Å². The van der Waals surface area contributed by atoms with Gasteiger partial charge in [-0.3, -0.25) is 4.79 Å². The van der Waals surface area contributed by atoms with Gasteiger partial charge >= 0.3 is 0 Å². The number of hydrogen-bond donors (Lipinski definition) is 2. The number of carbonyl (C=O) groups excluding carboxylic acids is 1. The standard InChI is InChI=1S/C12H23NO3/c1-10(14)5-6-11(15)13(2)9-12(16)7-3-4-8-12/h10,14,16H,3-9H2,1-2H3. The molecule has 1 saturated carbocycles. The largest absolute Gasteiger partial charge is 0.393 e. The second kappa shape index (κ2) is 5.64. The number of nitrogens with zero attached hydrogens (tertiary/aromatic N) is 1. The van der Waals surface area contributed by atoms with Crippen molar-refractivity contribution >= 4 is 5.91 Å². The van der Waals surface area contributed by atoms with E-state index in [0.29, 0.717) is 19.4 Å². The van der Waals surface area contributed by atoms with Crippen LogP contribution in [0.5, 0.6) is 0 Å². The van der Waals surface area contributed by atoms with E-state index in [1.165, 1.54) is 0 Å². The number of carbonyl (C=O) groups is 1. The van der Waals surface area contributed by atoms with Crippen LogP contribution >= 0.6 is 0 Å². The smallest absolute Gasteiger partial charge is 0.222 e.